The molecule has 3 aromatic rings. The summed E-state index contributed by atoms with van der Waals surface area (Å²) >= 11 is 0. The number of hydrogen-bond donors (Lipinski definition) is 0. The predicted molar refractivity (Wildman–Crippen MR) is 83.7 cm³/mol. The number of rotatable bonds is 3. The molecule has 5 heteroatoms. The van der Waals surface area contributed by atoms with Gasteiger partial charge in [0.2, 0.25) is 0 Å². The van der Waals surface area contributed by atoms with E-state index in [1.54, 1.807) is 0 Å². The Hall–Kier alpha value is -2.40. The molecule has 0 saturated heterocycles. The van der Waals surface area contributed by atoms with Gasteiger partial charge in [-0.15, -0.1) is 0 Å². The molecule has 0 aliphatic carbocycles. The smallest absolute Gasteiger partial charge is 0.162 e. The lowest BCUT2D eigenvalue weighted by Gasteiger charge is -2.13. The van der Waals surface area contributed by atoms with Crippen molar-refractivity contribution in [2.24, 2.45) is 0 Å². The zero-order chi connectivity index (χ0) is 15.1. The fourth-order valence-electron chi connectivity index (χ4n) is 2.90. The third-order valence-corrected chi connectivity index (χ3v) is 4.08. The summed E-state index contributed by atoms with van der Waals surface area (Å²) in [6.07, 6.45) is 7.55. The normalized spacial score (nSPS) is 13.8. The van der Waals surface area contributed by atoms with Gasteiger partial charge in [-0.2, -0.15) is 0 Å². The Balaban J connectivity index is 1.82. The fraction of sp³-hybridized carbons (Fsp3) is 0.294. The molecule has 0 atom stereocenters. The molecule has 1 aliphatic rings. The monoisotopic (exact) mass is 294 g/mol. The van der Waals surface area contributed by atoms with Crippen LogP contribution in [0.5, 0.6) is 0 Å². The van der Waals surface area contributed by atoms with Gasteiger partial charge in [0.25, 0.3) is 0 Å². The first-order chi connectivity index (χ1) is 10.7. The fourth-order valence-corrected chi connectivity index (χ4v) is 2.90. The molecule has 4 rings (SSSR count). The number of benzene rings is 1. The van der Waals surface area contributed by atoms with Crippen LogP contribution in [0.15, 0.2) is 43.1 Å². The second-order valence-corrected chi connectivity index (χ2v) is 5.85. The average molecular weight is 294 g/mol. The first kappa shape index (κ1) is 13.3. The Kier molecular flexibility index (Phi) is 3.08. The molecule has 0 N–H and O–H groups in total. The standard InChI is InChI=1S/C17H18N4O/c1-12(2)21-11-18-8-16(21)17-19-5-6-20(17)15-4-3-13-9-22-10-14(13)7-15/h3-8,11-12H,9-10H2,1-2H3. The van der Waals surface area contributed by atoms with Crippen LogP contribution in [0.1, 0.15) is 31.0 Å². The molecule has 22 heavy (non-hydrogen) atoms. The van der Waals surface area contributed by atoms with Crippen molar-refractivity contribution in [2.45, 2.75) is 33.1 Å². The van der Waals surface area contributed by atoms with Crippen LogP contribution in [0.4, 0.5) is 0 Å². The zero-order valence-corrected chi connectivity index (χ0v) is 12.7. The van der Waals surface area contributed by atoms with Gasteiger partial charge in [-0.05, 0) is 37.1 Å². The molecule has 0 amide bonds. The summed E-state index contributed by atoms with van der Waals surface area (Å²) < 4.78 is 9.74. The van der Waals surface area contributed by atoms with Crippen LogP contribution >= 0.6 is 0 Å². The van der Waals surface area contributed by atoms with E-state index < -0.39 is 0 Å². The second-order valence-electron chi connectivity index (χ2n) is 5.85. The minimum Gasteiger partial charge on any atom is -0.372 e. The van der Waals surface area contributed by atoms with Gasteiger partial charge in [0.05, 0.1) is 25.7 Å². The van der Waals surface area contributed by atoms with Crippen LogP contribution in [-0.4, -0.2) is 19.1 Å². The first-order valence-electron chi connectivity index (χ1n) is 7.49. The molecule has 112 valence electrons. The third-order valence-electron chi connectivity index (χ3n) is 4.08. The number of imidazole rings is 2. The van der Waals surface area contributed by atoms with E-state index in [0.29, 0.717) is 19.3 Å². The minimum atomic E-state index is 0.344. The van der Waals surface area contributed by atoms with Crippen molar-refractivity contribution < 1.29 is 4.74 Å². The zero-order valence-electron chi connectivity index (χ0n) is 12.7. The Morgan fingerprint density at radius 2 is 2.05 bits per heavy atom. The maximum absolute atomic E-state index is 5.50. The van der Waals surface area contributed by atoms with E-state index in [4.69, 9.17) is 4.74 Å². The summed E-state index contributed by atoms with van der Waals surface area (Å²) in [6.45, 7) is 5.69. The Labute approximate surface area is 129 Å². The molecule has 3 heterocycles. The van der Waals surface area contributed by atoms with Gasteiger partial charge in [0.1, 0.15) is 5.69 Å². The summed E-state index contributed by atoms with van der Waals surface area (Å²) in [5, 5.41) is 0. The van der Waals surface area contributed by atoms with Crippen molar-refractivity contribution in [3.63, 3.8) is 0 Å². The molecular formula is C17H18N4O. The van der Waals surface area contributed by atoms with Crippen LogP contribution in [0.3, 0.4) is 0 Å². The first-order valence-corrected chi connectivity index (χ1v) is 7.49. The van der Waals surface area contributed by atoms with E-state index >= 15 is 0 Å². The molecule has 5 nitrogen and oxygen atoms in total. The van der Waals surface area contributed by atoms with Gasteiger partial charge < -0.3 is 9.30 Å². The molecule has 2 aromatic heterocycles. The van der Waals surface area contributed by atoms with Gasteiger partial charge >= 0.3 is 0 Å². The maximum Gasteiger partial charge on any atom is 0.162 e. The van der Waals surface area contributed by atoms with Gasteiger partial charge in [-0.25, -0.2) is 9.97 Å². The van der Waals surface area contributed by atoms with E-state index in [1.165, 1.54) is 11.1 Å². The molecule has 1 aliphatic heterocycles. The van der Waals surface area contributed by atoms with Crippen LogP contribution in [0.25, 0.3) is 17.2 Å². The van der Waals surface area contributed by atoms with Crippen LogP contribution in [0, 0.1) is 0 Å². The topological polar surface area (TPSA) is 44.9 Å². The lowest BCUT2D eigenvalue weighted by atomic mass is 10.1. The highest BCUT2D eigenvalue weighted by molar-refractivity contribution is 5.55. The van der Waals surface area contributed by atoms with Gasteiger partial charge in [-0.3, -0.25) is 4.57 Å². The van der Waals surface area contributed by atoms with Crippen molar-refractivity contribution in [2.75, 3.05) is 0 Å². The van der Waals surface area contributed by atoms with E-state index in [1.807, 2.05) is 24.9 Å². The number of nitrogens with zero attached hydrogens (tertiary/aromatic N) is 4. The van der Waals surface area contributed by atoms with Crippen molar-refractivity contribution >= 4 is 0 Å². The van der Waals surface area contributed by atoms with Crippen LogP contribution in [-0.2, 0) is 18.0 Å². The highest BCUT2D eigenvalue weighted by Crippen LogP contribution is 2.27. The van der Waals surface area contributed by atoms with E-state index in [2.05, 4.69) is 51.1 Å². The summed E-state index contributed by atoms with van der Waals surface area (Å²) in [5.41, 5.74) is 4.66. The molecule has 0 spiro atoms. The minimum absolute atomic E-state index is 0.344. The van der Waals surface area contributed by atoms with Crippen LogP contribution < -0.4 is 0 Å². The van der Waals surface area contributed by atoms with Gasteiger partial charge in [0.15, 0.2) is 5.82 Å². The lowest BCUT2D eigenvalue weighted by Crippen LogP contribution is -2.05. The van der Waals surface area contributed by atoms with Crippen molar-refractivity contribution in [3.8, 4) is 17.2 Å². The number of ether oxygens (including phenoxy) is 1. The summed E-state index contributed by atoms with van der Waals surface area (Å²) in [5.74, 6) is 0.907. The van der Waals surface area contributed by atoms with Crippen LogP contribution in [0.2, 0.25) is 0 Å². The van der Waals surface area contributed by atoms with E-state index in [0.717, 1.165) is 17.2 Å². The SMILES string of the molecule is CC(C)n1cncc1-c1nccn1-c1ccc2c(c1)COC2. The molecule has 0 saturated carbocycles. The molecule has 1 aromatic carbocycles. The number of fused-ring (bicyclic) bond motifs is 1. The summed E-state index contributed by atoms with van der Waals surface area (Å²) in [6, 6.07) is 6.79. The van der Waals surface area contributed by atoms with Crippen molar-refractivity contribution in [1.29, 1.82) is 0 Å². The lowest BCUT2D eigenvalue weighted by molar-refractivity contribution is 0.134. The molecule has 0 bridgehead atoms. The largest absolute Gasteiger partial charge is 0.372 e. The highest BCUT2D eigenvalue weighted by atomic mass is 16.5. The second kappa shape index (κ2) is 5.10. The molecule has 0 unspecified atom stereocenters. The average Bonchev–Trinajstić information content (AvgIpc) is 3.24. The predicted octanol–water partition coefficient (Wildman–Crippen LogP) is 3.35. The Morgan fingerprint density at radius 1 is 1.18 bits per heavy atom. The van der Waals surface area contributed by atoms with Crippen molar-refractivity contribution in [1.82, 2.24) is 19.1 Å². The van der Waals surface area contributed by atoms with E-state index in [9.17, 15) is 0 Å². The third kappa shape index (κ3) is 2.05. The van der Waals surface area contributed by atoms with Crippen molar-refractivity contribution in [3.05, 3.63) is 54.2 Å². The summed E-state index contributed by atoms with van der Waals surface area (Å²) in [4.78, 5) is 8.82. The quantitative estimate of drug-likeness (QED) is 0.744. The van der Waals surface area contributed by atoms with Gasteiger partial charge in [0, 0.05) is 24.1 Å². The number of hydrogen-bond acceptors (Lipinski definition) is 3. The van der Waals surface area contributed by atoms with Gasteiger partial charge in [-0.1, -0.05) is 6.07 Å². The molecule has 0 fully saturated rings. The van der Waals surface area contributed by atoms with E-state index in [-0.39, 0.29) is 0 Å². The molecule has 0 radical (unpaired) electrons. The Bertz CT molecular complexity index is 816. The Morgan fingerprint density at radius 3 is 2.91 bits per heavy atom. The number of aromatic nitrogens is 4. The summed E-state index contributed by atoms with van der Waals surface area (Å²) in [7, 11) is 0. The maximum atomic E-state index is 5.50. The highest BCUT2D eigenvalue weighted by Gasteiger charge is 2.16. The molecular weight excluding hydrogens is 276 g/mol.